The van der Waals surface area contributed by atoms with Crippen molar-refractivity contribution in [1.82, 2.24) is 9.55 Å². The van der Waals surface area contributed by atoms with E-state index in [-0.39, 0.29) is 0 Å². The summed E-state index contributed by atoms with van der Waals surface area (Å²) in [6.45, 7) is 2.01. The Kier molecular flexibility index (Phi) is 2.82. The predicted octanol–water partition coefficient (Wildman–Crippen LogP) is 3.02. The van der Waals surface area contributed by atoms with Gasteiger partial charge < -0.3 is 10.3 Å². The van der Waals surface area contributed by atoms with Gasteiger partial charge in [-0.2, -0.15) is 0 Å². The third kappa shape index (κ3) is 1.81. The first kappa shape index (κ1) is 11.7. The third-order valence-corrected chi connectivity index (χ3v) is 4.69. The molecule has 0 fully saturated rings. The average Bonchev–Trinajstić information content (AvgIpc) is 2.63. The van der Waals surface area contributed by atoms with E-state index in [9.17, 15) is 0 Å². The number of nitrogens with two attached hydrogens (primary N) is 1. The molecule has 3 nitrogen and oxygen atoms in total. The Balaban J connectivity index is 2.12. The molecular formula is C14H17N3S. The number of aromatic nitrogens is 2. The molecule has 2 aromatic rings. The van der Waals surface area contributed by atoms with Crippen LogP contribution in [0.25, 0.3) is 11.3 Å². The fraction of sp³-hybridized carbons (Fsp3) is 0.357. The van der Waals surface area contributed by atoms with Crippen molar-refractivity contribution in [3.05, 3.63) is 29.5 Å². The Bertz CT molecular complexity index is 601. The second-order valence-electron chi connectivity index (χ2n) is 4.74. The number of anilines is 1. The quantitative estimate of drug-likeness (QED) is 0.856. The van der Waals surface area contributed by atoms with Gasteiger partial charge in [-0.15, -0.1) is 11.8 Å². The van der Waals surface area contributed by atoms with Crippen LogP contribution in [0.5, 0.6) is 0 Å². The molecule has 3 rings (SSSR count). The van der Waals surface area contributed by atoms with Gasteiger partial charge in [0.1, 0.15) is 0 Å². The number of aryl methyl sites for hydroxylation is 2. The van der Waals surface area contributed by atoms with Gasteiger partial charge in [0.15, 0.2) is 0 Å². The Morgan fingerprint density at radius 2 is 2.22 bits per heavy atom. The summed E-state index contributed by atoms with van der Waals surface area (Å²) in [6, 6.07) is 6.71. The number of nitrogen functional groups attached to an aromatic ring is 1. The summed E-state index contributed by atoms with van der Waals surface area (Å²) in [5, 5.41) is 0. The van der Waals surface area contributed by atoms with Crippen LogP contribution in [0.1, 0.15) is 17.7 Å². The standard InChI is InChI=1S/C14H17N3S/c1-9-13(17(2)14(15)16-9)11-5-6-12-10(8-11)4-3-7-18-12/h5-6,8H,3-4,7H2,1-2H3,(H2,15,16). The predicted molar refractivity (Wildman–Crippen MR) is 76.8 cm³/mol. The van der Waals surface area contributed by atoms with E-state index in [1.807, 2.05) is 30.3 Å². The maximum atomic E-state index is 5.86. The number of benzene rings is 1. The molecule has 94 valence electrons. The van der Waals surface area contributed by atoms with Crippen LogP contribution in [-0.2, 0) is 13.5 Å². The van der Waals surface area contributed by atoms with Gasteiger partial charge in [-0.25, -0.2) is 4.98 Å². The van der Waals surface area contributed by atoms with E-state index in [0.29, 0.717) is 5.95 Å². The molecule has 0 saturated heterocycles. The molecule has 0 atom stereocenters. The van der Waals surface area contributed by atoms with Gasteiger partial charge in [0.25, 0.3) is 0 Å². The van der Waals surface area contributed by atoms with Crippen LogP contribution in [0.3, 0.4) is 0 Å². The van der Waals surface area contributed by atoms with Crippen molar-refractivity contribution in [3.63, 3.8) is 0 Å². The van der Waals surface area contributed by atoms with Crippen molar-refractivity contribution in [1.29, 1.82) is 0 Å². The zero-order valence-electron chi connectivity index (χ0n) is 10.7. The molecule has 0 aliphatic carbocycles. The van der Waals surface area contributed by atoms with Gasteiger partial charge >= 0.3 is 0 Å². The maximum absolute atomic E-state index is 5.86. The van der Waals surface area contributed by atoms with Crippen LogP contribution in [0.2, 0.25) is 0 Å². The van der Waals surface area contributed by atoms with E-state index in [2.05, 4.69) is 23.2 Å². The molecule has 0 amide bonds. The highest BCUT2D eigenvalue weighted by molar-refractivity contribution is 7.99. The van der Waals surface area contributed by atoms with E-state index in [1.165, 1.54) is 34.6 Å². The second kappa shape index (κ2) is 4.35. The van der Waals surface area contributed by atoms with E-state index in [0.717, 1.165) is 11.4 Å². The topological polar surface area (TPSA) is 43.8 Å². The lowest BCUT2D eigenvalue weighted by molar-refractivity contribution is 0.888. The summed E-state index contributed by atoms with van der Waals surface area (Å²) in [5.41, 5.74) is 10.7. The van der Waals surface area contributed by atoms with Gasteiger partial charge in [0.2, 0.25) is 5.95 Å². The number of thioether (sulfide) groups is 1. The van der Waals surface area contributed by atoms with E-state index >= 15 is 0 Å². The smallest absolute Gasteiger partial charge is 0.200 e. The molecule has 4 heteroatoms. The number of nitrogens with zero attached hydrogens (tertiary/aromatic N) is 2. The molecule has 0 spiro atoms. The largest absolute Gasteiger partial charge is 0.369 e. The van der Waals surface area contributed by atoms with Gasteiger partial charge in [0.05, 0.1) is 11.4 Å². The lowest BCUT2D eigenvalue weighted by Crippen LogP contribution is -2.01. The van der Waals surface area contributed by atoms with Gasteiger partial charge in [-0.05, 0) is 43.2 Å². The summed E-state index contributed by atoms with van der Waals surface area (Å²) < 4.78 is 1.97. The molecule has 1 aliphatic rings. The molecule has 18 heavy (non-hydrogen) atoms. The molecular weight excluding hydrogens is 242 g/mol. The van der Waals surface area contributed by atoms with Crippen LogP contribution in [0.4, 0.5) is 5.95 Å². The van der Waals surface area contributed by atoms with E-state index in [4.69, 9.17) is 5.73 Å². The monoisotopic (exact) mass is 259 g/mol. The molecule has 0 bridgehead atoms. The van der Waals surface area contributed by atoms with Crippen molar-refractivity contribution in [3.8, 4) is 11.3 Å². The van der Waals surface area contributed by atoms with Crippen LogP contribution in [0.15, 0.2) is 23.1 Å². The number of hydrogen-bond acceptors (Lipinski definition) is 3. The number of imidazole rings is 1. The molecule has 0 radical (unpaired) electrons. The zero-order chi connectivity index (χ0) is 12.7. The molecule has 1 aromatic heterocycles. The normalized spacial score (nSPS) is 14.6. The summed E-state index contributed by atoms with van der Waals surface area (Å²) in [4.78, 5) is 5.76. The van der Waals surface area contributed by atoms with Gasteiger partial charge in [-0.1, -0.05) is 6.07 Å². The Hall–Kier alpha value is -1.42. The zero-order valence-corrected chi connectivity index (χ0v) is 11.5. The van der Waals surface area contributed by atoms with E-state index in [1.54, 1.807) is 0 Å². The summed E-state index contributed by atoms with van der Waals surface area (Å²) >= 11 is 1.96. The first-order valence-electron chi connectivity index (χ1n) is 6.21. The summed E-state index contributed by atoms with van der Waals surface area (Å²) in [5.74, 6) is 1.82. The minimum atomic E-state index is 0.578. The lowest BCUT2D eigenvalue weighted by Gasteiger charge is -2.16. The van der Waals surface area contributed by atoms with Crippen molar-refractivity contribution >= 4 is 17.7 Å². The lowest BCUT2D eigenvalue weighted by atomic mass is 10.0. The van der Waals surface area contributed by atoms with Crippen molar-refractivity contribution < 1.29 is 0 Å². The van der Waals surface area contributed by atoms with Crippen LogP contribution < -0.4 is 5.73 Å². The van der Waals surface area contributed by atoms with Crippen molar-refractivity contribution in [2.75, 3.05) is 11.5 Å². The first-order valence-corrected chi connectivity index (χ1v) is 7.20. The van der Waals surface area contributed by atoms with Gasteiger partial charge in [-0.3, -0.25) is 0 Å². The molecule has 0 unspecified atom stereocenters. The number of rotatable bonds is 1. The fourth-order valence-electron chi connectivity index (χ4n) is 2.57. The highest BCUT2D eigenvalue weighted by Gasteiger charge is 2.15. The van der Waals surface area contributed by atoms with Crippen molar-refractivity contribution in [2.24, 2.45) is 7.05 Å². The fourth-order valence-corrected chi connectivity index (χ4v) is 3.59. The molecule has 2 heterocycles. The molecule has 1 aromatic carbocycles. The Morgan fingerprint density at radius 1 is 1.39 bits per heavy atom. The van der Waals surface area contributed by atoms with Crippen LogP contribution >= 0.6 is 11.8 Å². The van der Waals surface area contributed by atoms with Gasteiger partial charge in [0, 0.05) is 17.5 Å². The van der Waals surface area contributed by atoms with Crippen LogP contribution in [-0.4, -0.2) is 15.3 Å². The highest BCUT2D eigenvalue weighted by Crippen LogP contribution is 2.34. The molecule has 0 saturated carbocycles. The third-order valence-electron chi connectivity index (χ3n) is 3.49. The average molecular weight is 259 g/mol. The second-order valence-corrected chi connectivity index (χ2v) is 5.87. The Labute approximate surface area is 111 Å². The summed E-state index contributed by atoms with van der Waals surface area (Å²) in [6.07, 6.45) is 2.45. The summed E-state index contributed by atoms with van der Waals surface area (Å²) in [7, 11) is 1.97. The minimum absolute atomic E-state index is 0.578. The van der Waals surface area contributed by atoms with Crippen molar-refractivity contribution in [2.45, 2.75) is 24.7 Å². The van der Waals surface area contributed by atoms with Crippen LogP contribution in [0, 0.1) is 6.92 Å². The SMILES string of the molecule is Cc1nc(N)n(C)c1-c1ccc2c(c1)CCCS2. The van der Waals surface area contributed by atoms with E-state index < -0.39 is 0 Å². The minimum Gasteiger partial charge on any atom is -0.369 e. The first-order chi connectivity index (χ1) is 8.66. The molecule has 2 N–H and O–H groups in total. The number of hydrogen-bond donors (Lipinski definition) is 1. The Morgan fingerprint density at radius 3 is 2.94 bits per heavy atom. The highest BCUT2D eigenvalue weighted by atomic mass is 32.2. The molecule has 1 aliphatic heterocycles. The maximum Gasteiger partial charge on any atom is 0.200 e. The number of fused-ring (bicyclic) bond motifs is 1.